The highest BCUT2D eigenvalue weighted by molar-refractivity contribution is 7.98. The molecule has 0 aliphatic heterocycles. The predicted octanol–water partition coefficient (Wildman–Crippen LogP) is 3.66. The van der Waals surface area contributed by atoms with Gasteiger partial charge in [0.05, 0.1) is 5.03 Å². The number of nitrogens with zero attached hydrogens (tertiary/aromatic N) is 1. The minimum absolute atomic E-state index is 0.386. The Labute approximate surface area is 121 Å². The molecule has 0 atom stereocenters. The molecule has 0 aliphatic rings. The summed E-state index contributed by atoms with van der Waals surface area (Å²) in [7, 11) is 0. The molecule has 1 aromatic carbocycles. The van der Waals surface area contributed by atoms with Gasteiger partial charge in [-0.3, -0.25) is 0 Å². The zero-order chi connectivity index (χ0) is 13.0. The van der Waals surface area contributed by atoms with Gasteiger partial charge in [-0.2, -0.15) is 0 Å². The Morgan fingerprint density at radius 3 is 2.83 bits per heavy atom. The molecule has 0 bridgehead atoms. The van der Waals surface area contributed by atoms with Crippen molar-refractivity contribution in [3.63, 3.8) is 0 Å². The van der Waals surface area contributed by atoms with Crippen molar-refractivity contribution in [1.29, 1.82) is 0 Å². The molecule has 18 heavy (non-hydrogen) atoms. The highest BCUT2D eigenvalue weighted by Crippen LogP contribution is 2.25. The third-order valence-corrected chi connectivity index (χ3v) is 3.93. The first-order chi connectivity index (χ1) is 8.66. The summed E-state index contributed by atoms with van der Waals surface area (Å²) >= 11 is 12.6. The highest BCUT2D eigenvalue weighted by atomic mass is 35.5. The number of thiocarbonyl (C=S) groups is 1. The van der Waals surface area contributed by atoms with Gasteiger partial charge in [-0.15, -0.1) is 11.8 Å². The number of pyridine rings is 1. The smallest absolute Gasteiger partial charge is 0.104 e. The molecule has 2 nitrogen and oxygen atoms in total. The molecule has 92 valence electrons. The van der Waals surface area contributed by atoms with Crippen LogP contribution in [0.1, 0.15) is 11.1 Å². The highest BCUT2D eigenvalue weighted by Gasteiger charge is 2.03. The topological polar surface area (TPSA) is 38.9 Å². The molecule has 1 heterocycles. The van der Waals surface area contributed by atoms with E-state index in [1.54, 1.807) is 18.0 Å². The first-order valence-corrected chi connectivity index (χ1v) is 7.06. The molecule has 0 unspecified atom stereocenters. The van der Waals surface area contributed by atoms with Crippen molar-refractivity contribution >= 4 is 40.6 Å². The van der Waals surface area contributed by atoms with Crippen LogP contribution in [-0.2, 0) is 5.75 Å². The first-order valence-electron chi connectivity index (χ1n) is 5.29. The maximum absolute atomic E-state index is 6.10. The summed E-state index contributed by atoms with van der Waals surface area (Å²) in [6.07, 6.45) is 1.71. The molecule has 0 aliphatic carbocycles. The zero-order valence-electron chi connectivity index (χ0n) is 9.47. The predicted molar refractivity (Wildman–Crippen MR) is 81.1 cm³/mol. The van der Waals surface area contributed by atoms with Gasteiger partial charge in [0.1, 0.15) is 4.99 Å². The van der Waals surface area contributed by atoms with Gasteiger partial charge in [0.15, 0.2) is 0 Å². The Hall–Kier alpha value is -1.10. The van der Waals surface area contributed by atoms with Crippen molar-refractivity contribution in [3.8, 4) is 0 Å². The molecular formula is C13H11ClN2S2. The Morgan fingerprint density at radius 2 is 2.11 bits per heavy atom. The van der Waals surface area contributed by atoms with Crippen molar-refractivity contribution in [2.45, 2.75) is 10.8 Å². The second kappa shape index (κ2) is 6.18. The lowest BCUT2D eigenvalue weighted by molar-refractivity contribution is 1.13. The van der Waals surface area contributed by atoms with Gasteiger partial charge in [-0.1, -0.05) is 42.0 Å². The summed E-state index contributed by atoms with van der Waals surface area (Å²) in [5.41, 5.74) is 7.51. The minimum atomic E-state index is 0.386. The van der Waals surface area contributed by atoms with Crippen LogP contribution >= 0.6 is 35.6 Å². The number of halogens is 1. The van der Waals surface area contributed by atoms with Crippen LogP contribution < -0.4 is 5.73 Å². The zero-order valence-corrected chi connectivity index (χ0v) is 11.9. The Kier molecular flexibility index (Phi) is 4.58. The standard InChI is InChI=1S/C13H11ClN2S2/c14-11-4-2-1-3-10(11)8-18-12-7-9(13(15)17)5-6-16-12/h1-7H,8H2,(H2,15,17). The van der Waals surface area contributed by atoms with Gasteiger partial charge in [0, 0.05) is 22.5 Å². The summed E-state index contributed by atoms with van der Waals surface area (Å²) in [6, 6.07) is 11.5. The van der Waals surface area contributed by atoms with Crippen LogP contribution in [0.5, 0.6) is 0 Å². The maximum Gasteiger partial charge on any atom is 0.104 e. The fraction of sp³-hybridized carbons (Fsp3) is 0.0769. The molecular weight excluding hydrogens is 284 g/mol. The van der Waals surface area contributed by atoms with Gasteiger partial charge in [-0.25, -0.2) is 4.98 Å². The number of thioether (sulfide) groups is 1. The molecule has 0 fully saturated rings. The van der Waals surface area contributed by atoms with Crippen LogP contribution in [0.4, 0.5) is 0 Å². The molecule has 2 aromatic rings. The number of aromatic nitrogens is 1. The summed E-state index contributed by atoms with van der Waals surface area (Å²) in [5, 5.41) is 1.66. The Balaban J connectivity index is 2.09. The van der Waals surface area contributed by atoms with Gasteiger partial charge < -0.3 is 5.73 Å². The second-order valence-corrected chi connectivity index (χ2v) is 5.47. The minimum Gasteiger partial charge on any atom is -0.389 e. The Bertz CT molecular complexity index is 572. The molecule has 0 amide bonds. The number of nitrogens with two attached hydrogens (primary N) is 1. The Morgan fingerprint density at radius 1 is 1.33 bits per heavy atom. The number of hydrogen-bond acceptors (Lipinski definition) is 3. The lowest BCUT2D eigenvalue weighted by Crippen LogP contribution is -2.09. The van der Waals surface area contributed by atoms with Crippen molar-refractivity contribution in [2.24, 2.45) is 5.73 Å². The van der Waals surface area contributed by atoms with E-state index in [1.807, 2.05) is 36.4 Å². The molecule has 0 saturated carbocycles. The maximum atomic E-state index is 6.10. The summed E-state index contributed by atoms with van der Waals surface area (Å²) in [5.74, 6) is 0.771. The lowest BCUT2D eigenvalue weighted by atomic mass is 10.2. The molecule has 2 rings (SSSR count). The van der Waals surface area contributed by atoms with Crippen LogP contribution in [0.3, 0.4) is 0 Å². The molecule has 1 aromatic heterocycles. The van der Waals surface area contributed by atoms with Crippen molar-refractivity contribution in [2.75, 3.05) is 0 Å². The fourth-order valence-corrected chi connectivity index (χ4v) is 2.72. The van der Waals surface area contributed by atoms with E-state index in [-0.39, 0.29) is 0 Å². The summed E-state index contributed by atoms with van der Waals surface area (Å²) in [4.78, 5) is 4.66. The van der Waals surface area contributed by atoms with Crippen LogP contribution in [0.15, 0.2) is 47.6 Å². The van der Waals surface area contributed by atoms with Crippen LogP contribution in [0.2, 0.25) is 5.02 Å². The third kappa shape index (κ3) is 3.45. The number of rotatable bonds is 4. The second-order valence-electron chi connectivity index (χ2n) is 3.63. The van der Waals surface area contributed by atoms with Gasteiger partial charge in [0.25, 0.3) is 0 Å². The monoisotopic (exact) mass is 294 g/mol. The van der Waals surface area contributed by atoms with Crippen LogP contribution in [0.25, 0.3) is 0 Å². The van der Waals surface area contributed by atoms with Crippen molar-refractivity contribution in [3.05, 3.63) is 58.7 Å². The largest absolute Gasteiger partial charge is 0.389 e. The SMILES string of the molecule is NC(=S)c1ccnc(SCc2ccccc2Cl)c1. The average Bonchev–Trinajstić information content (AvgIpc) is 2.38. The van der Waals surface area contributed by atoms with Crippen LogP contribution in [-0.4, -0.2) is 9.97 Å². The number of benzene rings is 1. The fourth-order valence-electron chi connectivity index (χ4n) is 1.41. The molecule has 0 radical (unpaired) electrons. The van der Waals surface area contributed by atoms with Crippen LogP contribution in [0, 0.1) is 0 Å². The summed E-state index contributed by atoms with van der Waals surface area (Å²) < 4.78 is 0. The van der Waals surface area contributed by atoms with E-state index in [2.05, 4.69) is 4.98 Å². The van der Waals surface area contributed by atoms with Crippen molar-refractivity contribution in [1.82, 2.24) is 4.98 Å². The van der Waals surface area contributed by atoms with E-state index >= 15 is 0 Å². The molecule has 2 N–H and O–H groups in total. The quantitative estimate of drug-likeness (QED) is 0.690. The van der Waals surface area contributed by atoms with E-state index in [0.29, 0.717) is 4.99 Å². The first kappa shape index (κ1) is 13.3. The lowest BCUT2D eigenvalue weighted by Gasteiger charge is -2.05. The number of hydrogen-bond donors (Lipinski definition) is 1. The van der Waals surface area contributed by atoms with E-state index < -0.39 is 0 Å². The average molecular weight is 295 g/mol. The van der Waals surface area contributed by atoms with E-state index in [9.17, 15) is 0 Å². The third-order valence-electron chi connectivity index (χ3n) is 2.35. The summed E-state index contributed by atoms with van der Waals surface area (Å²) in [6.45, 7) is 0. The van der Waals surface area contributed by atoms with Gasteiger partial charge in [0.2, 0.25) is 0 Å². The van der Waals surface area contributed by atoms with Gasteiger partial charge in [-0.05, 0) is 23.8 Å². The van der Waals surface area contributed by atoms with E-state index in [4.69, 9.17) is 29.6 Å². The normalized spacial score (nSPS) is 10.3. The van der Waals surface area contributed by atoms with Gasteiger partial charge >= 0.3 is 0 Å². The van der Waals surface area contributed by atoms with Crippen molar-refractivity contribution < 1.29 is 0 Å². The molecule has 0 saturated heterocycles. The van der Waals surface area contributed by atoms with E-state index in [1.165, 1.54) is 0 Å². The molecule has 0 spiro atoms. The molecule has 5 heteroatoms. The van der Waals surface area contributed by atoms with E-state index in [0.717, 1.165) is 26.9 Å².